The molecule has 1 amide bonds. The Morgan fingerprint density at radius 2 is 2.05 bits per heavy atom. The largest absolute Gasteiger partial charge is 0.417 e. The van der Waals surface area contributed by atoms with E-state index in [0.29, 0.717) is 0 Å². The molecule has 0 heterocycles. The second-order valence-electron chi connectivity index (χ2n) is 4.53. The fourth-order valence-electron chi connectivity index (χ4n) is 1.76. The van der Waals surface area contributed by atoms with Crippen LogP contribution in [-0.4, -0.2) is 23.4 Å². The fraction of sp³-hybridized carbons (Fsp3) is 0.357. The molecule has 0 saturated heterocycles. The van der Waals surface area contributed by atoms with Gasteiger partial charge in [0.2, 0.25) is 0 Å². The number of halogens is 4. The summed E-state index contributed by atoms with van der Waals surface area (Å²) in [5.41, 5.74) is -1.29. The Balaban J connectivity index is 3.31. The molecule has 0 spiro atoms. The third kappa shape index (κ3) is 3.85. The Kier molecular flexibility index (Phi) is 5.39. The number of hydrogen-bond acceptors (Lipinski definition) is 1. The molecule has 0 radical (unpaired) electrons. The second kappa shape index (κ2) is 6.43. The zero-order chi connectivity index (χ0) is 15.5. The van der Waals surface area contributed by atoms with E-state index in [1.807, 2.05) is 0 Å². The molecule has 0 fully saturated rings. The maximum atomic E-state index is 13.0. The Morgan fingerprint density at radius 1 is 1.45 bits per heavy atom. The van der Waals surface area contributed by atoms with Gasteiger partial charge in [0.25, 0.3) is 5.91 Å². The molecule has 0 aliphatic carbocycles. The van der Waals surface area contributed by atoms with Crippen LogP contribution >= 0.6 is 15.9 Å². The van der Waals surface area contributed by atoms with E-state index in [0.717, 1.165) is 6.07 Å². The fourth-order valence-corrected chi connectivity index (χ4v) is 2.12. The van der Waals surface area contributed by atoms with Gasteiger partial charge in [-0.2, -0.15) is 13.2 Å². The molecule has 0 unspecified atom stereocenters. The summed E-state index contributed by atoms with van der Waals surface area (Å²) < 4.78 is 39.4. The average molecular weight is 350 g/mol. The van der Waals surface area contributed by atoms with Gasteiger partial charge in [0.1, 0.15) is 0 Å². The molecule has 1 rings (SSSR count). The van der Waals surface area contributed by atoms with Gasteiger partial charge in [0.05, 0.1) is 11.1 Å². The Bertz CT molecular complexity index is 512. The van der Waals surface area contributed by atoms with E-state index in [1.165, 1.54) is 23.1 Å². The molecule has 110 valence electrons. The minimum atomic E-state index is -4.58. The van der Waals surface area contributed by atoms with Crippen molar-refractivity contribution in [1.29, 1.82) is 0 Å². The molecule has 0 saturated carbocycles. The molecule has 2 nitrogen and oxygen atoms in total. The van der Waals surface area contributed by atoms with Gasteiger partial charge < -0.3 is 4.90 Å². The third-order valence-electron chi connectivity index (χ3n) is 2.73. The van der Waals surface area contributed by atoms with Crippen LogP contribution in [0.25, 0.3) is 0 Å². The highest BCUT2D eigenvalue weighted by Crippen LogP contribution is 2.34. The van der Waals surface area contributed by atoms with E-state index in [-0.39, 0.29) is 22.6 Å². The lowest BCUT2D eigenvalue weighted by Gasteiger charge is -2.26. The molecule has 0 aliphatic heterocycles. The molecule has 1 aromatic rings. The van der Waals surface area contributed by atoms with Crippen molar-refractivity contribution in [2.45, 2.75) is 26.1 Å². The summed E-state index contributed by atoms with van der Waals surface area (Å²) in [5, 5.41) is 0. The molecule has 6 heteroatoms. The Morgan fingerprint density at radius 3 is 2.50 bits per heavy atom. The molecule has 1 aromatic carbocycles. The number of hydrogen-bond donors (Lipinski definition) is 0. The normalized spacial score (nSPS) is 11.6. The van der Waals surface area contributed by atoms with Crippen LogP contribution in [0.5, 0.6) is 0 Å². The average Bonchev–Trinajstić information content (AvgIpc) is 2.33. The lowest BCUT2D eigenvalue weighted by Crippen LogP contribution is -2.38. The van der Waals surface area contributed by atoms with Crippen LogP contribution < -0.4 is 0 Å². The van der Waals surface area contributed by atoms with Crippen molar-refractivity contribution in [2.75, 3.05) is 6.54 Å². The van der Waals surface area contributed by atoms with Crippen LogP contribution in [0.4, 0.5) is 13.2 Å². The molecule has 0 atom stereocenters. The highest BCUT2D eigenvalue weighted by Gasteiger charge is 2.36. The summed E-state index contributed by atoms with van der Waals surface area (Å²) in [6.45, 7) is 7.21. The number of amides is 1. The van der Waals surface area contributed by atoms with Crippen molar-refractivity contribution >= 4 is 21.8 Å². The second-order valence-corrected chi connectivity index (χ2v) is 5.44. The summed E-state index contributed by atoms with van der Waals surface area (Å²) >= 11 is 2.99. The predicted molar refractivity (Wildman–Crippen MR) is 75.5 cm³/mol. The highest BCUT2D eigenvalue weighted by molar-refractivity contribution is 9.10. The molecule has 20 heavy (non-hydrogen) atoms. The van der Waals surface area contributed by atoms with Gasteiger partial charge in [0.15, 0.2) is 0 Å². The number of rotatable bonds is 4. The van der Waals surface area contributed by atoms with Crippen molar-refractivity contribution in [3.8, 4) is 0 Å². The van der Waals surface area contributed by atoms with Crippen LogP contribution in [0.2, 0.25) is 0 Å². The van der Waals surface area contributed by atoms with Crippen molar-refractivity contribution in [2.24, 2.45) is 0 Å². The molecular weight excluding hydrogens is 335 g/mol. The van der Waals surface area contributed by atoms with E-state index in [1.54, 1.807) is 13.8 Å². The number of benzene rings is 1. The van der Waals surface area contributed by atoms with Gasteiger partial charge in [-0.3, -0.25) is 4.79 Å². The number of carbonyl (C=O) groups excluding carboxylic acids is 1. The number of carbonyl (C=O) groups is 1. The van der Waals surface area contributed by atoms with E-state index < -0.39 is 17.6 Å². The maximum Gasteiger partial charge on any atom is 0.417 e. The first-order valence-corrected chi connectivity index (χ1v) is 6.76. The van der Waals surface area contributed by atoms with Crippen molar-refractivity contribution in [1.82, 2.24) is 4.90 Å². The lowest BCUT2D eigenvalue weighted by molar-refractivity contribution is -0.138. The van der Waals surface area contributed by atoms with Crippen LogP contribution in [-0.2, 0) is 6.18 Å². The zero-order valence-corrected chi connectivity index (χ0v) is 12.8. The molecule has 0 aromatic heterocycles. The van der Waals surface area contributed by atoms with Gasteiger partial charge in [0, 0.05) is 17.1 Å². The summed E-state index contributed by atoms with van der Waals surface area (Å²) in [6, 6.07) is 3.31. The molecular formula is C14H15BrF3NO. The van der Waals surface area contributed by atoms with Crippen LogP contribution in [0.3, 0.4) is 0 Å². The van der Waals surface area contributed by atoms with Gasteiger partial charge >= 0.3 is 6.18 Å². The minimum Gasteiger partial charge on any atom is -0.332 e. The zero-order valence-electron chi connectivity index (χ0n) is 11.2. The monoisotopic (exact) mass is 349 g/mol. The highest BCUT2D eigenvalue weighted by atomic mass is 79.9. The van der Waals surface area contributed by atoms with Gasteiger partial charge in [-0.1, -0.05) is 22.0 Å². The van der Waals surface area contributed by atoms with E-state index in [4.69, 9.17) is 0 Å². The van der Waals surface area contributed by atoms with Crippen LogP contribution in [0, 0.1) is 0 Å². The third-order valence-corrected chi connectivity index (χ3v) is 3.22. The summed E-state index contributed by atoms with van der Waals surface area (Å²) in [5.74, 6) is -0.653. The first-order chi connectivity index (χ1) is 9.18. The smallest absolute Gasteiger partial charge is 0.332 e. The van der Waals surface area contributed by atoms with E-state index in [9.17, 15) is 18.0 Å². The quantitative estimate of drug-likeness (QED) is 0.732. The Hall–Kier alpha value is -1.30. The van der Waals surface area contributed by atoms with Crippen LogP contribution in [0.15, 0.2) is 35.3 Å². The maximum absolute atomic E-state index is 13.0. The predicted octanol–water partition coefficient (Wildman–Crippen LogP) is 4.50. The van der Waals surface area contributed by atoms with Crippen molar-refractivity contribution in [3.05, 3.63) is 46.5 Å². The first-order valence-electron chi connectivity index (χ1n) is 5.97. The minimum absolute atomic E-state index is 0.198. The standard InChI is InChI=1S/C14H15BrF3NO/c1-4-7-19(9(2)3)13(20)11-6-5-10(15)8-12(11)14(16,17)18/h4-6,8-9H,1,7H2,2-3H3. The molecule has 0 aliphatic rings. The van der Waals surface area contributed by atoms with Crippen molar-refractivity contribution < 1.29 is 18.0 Å². The number of nitrogens with zero attached hydrogens (tertiary/aromatic N) is 1. The van der Waals surface area contributed by atoms with E-state index in [2.05, 4.69) is 22.5 Å². The first kappa shape index (κ1) is 16.8. The summed E-state index contributed by atoms with van der Waals surface area (Å²) in [4.78, 5) is 13.7. The Labute approximate surface area is 124 Å². The van der Waals surface area contributed by atoms with Crippen LogP contribution in [0.1, 0.15) is 29.8 Å². The summed E-state index contributed by atoms with van der Waals surface area (Å²) in [7, 11) is 0. The van der Waals surface area contributed by atoms with Gasteiger partial charge in [-0.05, 0) is 32.0 Å². The SMILES string of the molecule is C=CCN(C(=O)c1ccc(Br)cc1C(F)(F)F)C(C)C. The van der Waals surface area contributed by atoms with Crippen molar-refractivity contribution in [3.63, 3.8) is 0 Å². The summed E-state index contributed by atoms with van der Waals surface area (Å²) in [6.07, 6.45) is -3.09. The molecule has 0 N–H and O–H groups in total. The van der Waals surface area contributed by atoms with E-state index >= 15 is 0 Å². The molecule has 0 bridgehead atoms. The number of alkyl halides is 3. The van der Waals surface area contributed by atoms with Gasteiger partial charge in [-0.15, -0.1) is 6.58 Å². The topological polar surface area (TPSA) is 20.3 Å². The van der Waals surface area contributed by atoms with Gasteiger partial charge in [-0.25, -0.2) is 0 Å². The lowest BCUT2D eigenvalue weighted by atomic mass is 10.1.